The van der Waals surface area contributed by atoms with E-state index in [2.05, 4.69) is 25.4 Å². The van der Waals surface area contributed by atoms with Crippen molar-refractivity contribution in [3.63, 3.8) is 0 Å². The average molecular weight is 302 g/mol. The first kappa shape index (κ1) is 14.9. The number of nitrogens with one attached hydrogen (secondary N) is 1. The van der Waals surface area contributed by atoms with Crippen molar-refractivity contribution in [2.24, 2.45) is 0 Å². The highest BCUT2D eigenvalue weighted by atomic mass is 16.5. The molecule has 0 spiro atoms. The van der Waals surface area contributed by atoms with Gasteiger partial charge in [-0.1, -0.05) is 0 Å². The second-order valence-corrected chi connectivity index (χ2v) is 5.60. The number of aryl methyl sites for hydroxylation is 3. The van der Waals surface area contributed by atoms with Gasteiger partial charge in [0.25, 0.3) is 0 Å². The molecule has 1 N–H and O–H groups in total. The maximum absolute atomic E-state index is 5.42. The van der Waals surface area contributed by atoms with Crippen molar-refractivity contribution in [3.05, 3.63) is 29.7 Å². The van der Waals surface area contributed by atoms with Crippen LogP contribution in [0.3, 0.4) is 0 Å². The summed E-state index contributed by atoms with van der Waals surface area (Å²) in [4.78, 5) is 12.9. The molecule has 1 aliphatic heterocycles. The van der Waals surface area contributed by atoms with Gasteiger partial charge >= 0.3 is 0 Å². The summed E-state index contributed by atoms with van der Waals surface area (Å²) in [6, 6.07) is 2.03. The fourth-order valence-electron chi connectivity index (χ4n) is 2.68. The van der Waals surface area contributed by atoms with E-state index in [1.807, 2.05) is 24.6 Å². The molecule has 1 atom stereocenters. The van der Waals surface area contributed by atoms with Crippen LogP contribution in [0.2, 0.25) is 0 Å². The molecular weight excluding hydrogens is 280 g/mol. The monoisotopic (exact) mass is 302 g/mol. The van der Waals surface area contributed by atoms with E-state index in [0.717, 1.165) is 62.3 Å². The summed E-state index contributed by atoms with van der Waals surface area (Å²) in [5, 5.41) is 7.71. The molecule has 3 rings (SSSR count). The van der Waals surface area contributed by atoms with Crippen LogP contribution in [0, 0.1) is 13.8 Å². The van der Waals surface area contributed by atoms with Crippen molar-refractivity contribution in [3.8, 4) is 0 Å². The molecule has 1 saturated heterocycles. The molecule has 1 aliphatic rings. The minimum atomic E-state index is 0.407. The topological polar surface area (TPSA) is 77.8 Å². The van der Waals surface area contributed by atoms with Crippen LogP contribution in [-0.2, 0) is 11.3 Å². The van der Waals surface area contributed by atoms with E-state index in [-0.39, 0.29) is 0 Å². The predicted molar refractivity (Wildman–Crippen MR) is 82.8 cm³/mol. The minimum Gasteiger partial charge on any atom is -0.381 e. The third-order valence-corrected chi connectivity index (χ3v) is 3.85. The lowest BCUT2D eigenvalue weighted by Gasteiger charge is -2.10. The Balaban J connectivity index is 1.49. The maximum atomic E-state index is 5.42. The SMILES string of the molecule is Cc1nc(C)n(CCCNc2cc(C3CCOC3)ncn2)n1. The van der Waals surface area contributed by atoms with Crippen molar-refractivity contribution in [2.45, 2.75) is 39.2 Å². The zero-order valence-corrected chi connectivity index (χ0v) is 13.1. The summed E-state index contributed by atoms with van der Waals surface area (Å²) in [6.45, 7) is 7.18. The molecular formula is C15H22N6O. The Labute approximate surface area is 130 Å². The number of nitrogens with zero attached hydrogens (tertiary/aromatic N) is 5. The first-order valence-corrected chi connectivity index (χ1v) is 7.74. The van der Waals surface area contributed by atoms with Crippen molar-refractivity contribution < 1.29 is 4.74 Å². The van der Waals surface area contributed by atoms with E-state index in [4.69, 9.17) is 4.74 Å². The summed E-state index contributed by atoms with van der Waals surface area (Å²) in [7, 11) is 0. The predicted octanol–water partition coefficient (Wildman–Crippen LogP) is 1.69. The lowest BCUT2D eigenvalue weighted by Crippen LogP contribution is -2.10. The summed E-state index contributed by atoms with van der Waals surface area (Å²) in [6.07, 6.45) is 3.64. The van der Waals surface area contributed by atoms with Crippen molar-refractivity contribution in [1.82, 2.24) is 24.7 Å². The number of anilines is 1. The maximum Gasteiger partial charge on any atom is 0.147 e. The molecule has 0 bridgehead atoms. The van der Waals surface area contributed by atoms with Gasteiger partial charge in [-0.15, -0.1) is 0 Å². The highest BCUT2D eigenvalue weighted by molar-refractivity contribution is 5.35. The van der Waals surface area contributed by atoms with Gasteiger partial charge < -0.3 is 10.1 Å². The number of aromatic nitrogens is 5. The fourth-order valence-corrected chi connectivity index (χ4v) is 2.68. The third-order valence-electron chi connectivity index (χ3n) is 3.85. The minimum absolute atomic E-state index is 0.407. The molecule has 0 amide bonds. The molecule has 0 saturated carbocycles. The van der Waals surface area contributed by atoms with Crippen LogP contribution >= 0.6 is 0 Å². The highest BCUT2D eigenvalue weighted by Gasteiger charge is 2.19. The van der Waals surface area contributed by atoms with Crippen LogP contribution in [0.25, 0.3) is 0 Å². The zero-order valence-electron chi connectivity index (χ0n) is 13.1. The number of ether oxygens (including phenoxy) is 1. The van der Waals surface area contributed by atoms with Crippen LogP contribution in [0.4, 0.5) is 5.82 Å². The van der Waals surface area contributed by atoms with E-state index in [1.165, 1.54) is 0 Å². The van der Waals surface area contributed by atoms with Gasteiger partial charge in [-0.05, 0) is 26.7 Å². The number of rotatable bonds is 6. The lowest BCUT2D eigenvalue weighted by molar-refractivity contribution is 0.193. The smallest absolute Gasteiger partial charge is 0.147 e. The van der Waals surface area contributed by atoms with E-state index in [9.17, 15) is 0 Å². The van der Waals surface area contributed by atoms with E-state index in [0.29, 0.717) is 5.92 Å². The first-order valence-electron chi connectivity index (χ1n) is 7.74. The Morgan fingerprint density at radius 1 is 1.36 bits per heavy atom. The van der Waals surface area contributed by atoms with Gasteiger partial charge in [-0.25, -0.2) is 15.0 Å². The Morgan fingerprint density at radius 3 is 3.00 bits per heavy atom. The Bertz CT molecular complexity index is 620. The average Bonchev–Trinajstić information content (AvgIpc) is 3.14. The molecule has 2 aromatic rings. The fraction of sp³-hybridized carbons (Fsp3) is 0.600. The molecule has 118 valence electrons. The third kappa shape index (κ3) is 3.59. The molecule has 3 heterocycles. The van der Waals surface area contributed by atoms with Gasteiger partial charge in [0.2, 0.25) is 0 Å². The standard InChI is InChI=1S/C15H22N6O/c1-11-19-12(2)21(20-11)6-3-5-16-15-8-14(17-10-18-15)13-4-7-22-9-13/h8,10,13H,3-7,9H2,1-2H3,(H,16,17,18). The van der Waals surface area contributed by atoms with Gasteiger partial charge in [0.1, 0.15) is 23.8 Å². The Morgan fingerprint density at radius 2 is 2.27 bits per heavy atom. The van der Waals surface area contributed by atoms with Crippen LogP contribution in [-0.4, -0.2) is 44.5 Å². The molecule has 22 heavy (non-hydrogen) atoms. The highest BCUT2D eigenvalue weighted by Crippen LogP contribution is 2.24. The molecule has 7 nitrogen and oxygen atoms in total. The van der Waals surface area contributed by atoms with Crippen molar-refractivity contribution in [2.75, 3.05) is 25.1 Å². The van der Waals surface area contributed by atoms with Crippen LogP contribution in [0.1, 0.15) is 36.1 Å². The first-order chi connectivity index (χ1) is 10.7. The van der Waals surface area contributed by atoms with Crippen LogP contribution < -0.4 is 5.32 Å². The molecule has 0 aliphatic carbocycles. The molecule has 2 aromatic heterocycles. The molecule has 0 aromatic carbocycles. The molecule has 0 radical (unpaired) electrons. The lowest BCUT2D eigenvalue weighted by atomic mass is 10.1. The Hall–Kier alpha value is -2.02. The van der Waals surface area contributed by atoms with E-state index < -0.39 is 0 Å². The quantitative estimate of drug-likeness (QED) is 0.818. The number of hydrogen-bond donors (Lipinski definition) is 1. The van der Waals surface area contributed by atoms with Gasteiger partial charge in [0, 0.05) is 31.7 Å². The van der Waals surface area contributed by atoms with Gasteiger partial charge in [0.05, 0.1) is 12.3 Å². The van der Waals surface area contributed by atoms with Crippen molar-refractivity contribution in [1.29, 1.82) is 0 Å². The van der Waals surface area contributed by atoms with Crippen LogP contribution in [0.15, 0.2) is 12.4 Å². The molecule has 7 heteroatoms. The van der Waals surface area contributed by atoms with Crippen LogP contribution in [0.5, 0.6) is 0 Å². The summed E-state index contributed by atoms with van der Waals surface area (Å²) >= 11 is 0. The van der Waals surface area contributed by atoms with E-state index >= 15 is 0 Å². The van der Waals surface area contributed by atoms with Gasteiger partial charge in [-0.3, -0.25) is 4.68 Å². The van der Waals surface area contributed by atoms with Gasteiger partial charge in [0.15, 0.2) is 0 Å². The summed E-state index contributed by atoms with van der Waals surface area (Å²) in [5.74, 6) is 3.07. The summed E-state index contributed by atoms with van der Waals surface area (Å²) in [5.41, 5.74) is 1.07. The largest absolute Gasteiger partial charge is 0.381 e. The molecule has 1 unspecified atom stereocenters. The number of hydrogen-bond acceptors (Lipinski definition) is 6. The zero-order chi connectivity index (χ0) is 15.4. The Kier molecular flexibility index (Phi) is 4.62. The second-order valence-electron chi connectivity index (χ2n) is 5.60. The van der Waals surface area contributed by atoms with E-state index in [1.54, 1.807) is 6.33 Å². The summed E-state index contributed by atoms with van der Waals surface area (Å²) < 4.78 is 7.36. The normalized spacial score (nSPS) is 17.8. The van der Waals surface area contributed by atoms with Gasteiger partial charge in [-0.2, -0.15) is 5.10 Å². The second kappa shape index (κ2) is 6.83. The van der Waals surface area contributed by atoms with Crippen molar-refractivity contribution >= 4 is 5.82 Å². The molecule has 1 fully saturated rings.